The van der Waals surface area contributed by atoms with E-state index in [0.717, 1.165) is 5.56 Å². The number of sulfonamides is 1. The van der Waals surface area contributed by atoms with Crippen LogP contribution in [-0.2, 0) is 39.0 Å². The number of ether oxygens (including phenoxy) is 3. The number of hydrogen-bond acceptors (Lipinski definition) is 12. The molecule has 4 amide bonds. The molecule has 3 fully saturated rings. The van der Waals surface area contributed by atoms with Crippen LogP contribution in [0.25, 0.3) is 22.2 Å². The molecular weight excluding hydrogens is 815 g/mol. The number of nitrogens with zero attached hydrogens (tertiary/aromatic N) is 2. The molecule has 0 radical (unpaired) electrons. The molecule has 0 bridgehead atoms. The molecule has 3 aromatic rings. The Bertz CT molecular complexity index is 2410. The van der Waals surface area contributed by atoms with Crippen molar-refractivity contribution >= 4 is 54.6 Å². The first-order valence-corrected chi connectivity index (χ1v) is 23.0. The number of carbonyl (C=O) groups excluding carboxylic acids is 4. The van der Waals surface area contributed by atoms with Gasteiger partial charge in [0.25, 0.3) is 5.91 Å². The monoisotopic (exact) mass is 867 g/mol. The Balaban J connectivity index is 1.34. The second-order valence-electron chi connectivity index (χ2n) is 17.7. The summed E-state index contributed by atoms with van der Waals surface area (Å²) in [4.78, 5) is 62.3. The van der Waals surface area contributed by atoms with Gasteiger partial charge in [-0.15, -0.1) is 6.58 Å². The first-order chi connectivity index (χ1) is 27.9. The van der Waals surface area contributed by atoms with E-state index in [1.165, 1.54) is 11.0 Å². The van der Waals surface area contributed by atoms with Gasteiger partial charge < -0.3 is 29.7 Å². The number of amides is 4. The summed E-state index contributed by atoms with van der Waals surface area (Å²) in [5.74, 6) is -3.06. The lowest BCUT2D eigenvalue weighted by Gasteiger charge is -2.36. The fourth-order valence-electron chi connectivity index (χ4n) is 7.60. The van der Waals surface area contributed by atoms with Crippen molar-refractivity contribution in [1.29, 1.82) is 0 Å². The molecule has 324 valence electrons. The Kier molecular flexibility index (Phi) is 12.1. The molecule has 0 spiro atoms. The summed E-state index contributed by atoms with van der Waals surface area (Å²) in [5.41, 5.74) is -1.52. The molecule has 6 atom stereocenters. The first-order valence-electron chi connectivity index (χ1n) is 19.7. The lowest BCUT2D eigenvalue weighted by Crippen LogP contribution is -2.60. The number of fused-ring (bicyclic) bond motifs is 1. The zero-order valence-electron chi connectivity index (χ0n) is 34.8. The highest BCUT2D eigenvalue weighted by Crippen LogP contribution is 2.45. The number of methoxy groups -OCH3 is 1. The molecule has 2 unspecified atom stereocenters. The van der Waals surface area contributed by atoms with E-state index in [1.54, 1.807) is 72.9 Å². The van der Waals surface area contributed by atoms with E-state index < -0.39 is 95.3 Å². The van der Waals surface area contributed by atoms with Gasteiger partial charge in [-0.3, -0.25) is 19.1 Å². The fraction of sp³-hybridized carbons (Fsp3) is 0.500. The number of aromatic nitrogens is 1. The third-order valence-corrected chi connectivity index (χ3v) is 14.6. The van der Waals surface area contributed by atoms with Crippen LogP contribution < -0.4 is 24.8 Å². The van der Waals surface area contributed by atoms with Crippen molar-refractivity contribution in [3.63, 3.8) is 0 Å². The summed E-state index contributed by atoms with van der Waals surface area (Å²) in [7, 11) is -6.49. The maximum absolute atomic E-state index is 14.7. The quantitative estimate of drug-likeness (QED) is 0.221. The smallest absolute Gasteiger partial charge is 0.408 e. The molecule has 3 N–H and O–H groups in total. The number of nitrogens with one attached hydrogen (secondary N) is 3. The molecule has 18 heteroatoms. The van der Waals surface area contributed by atoms with Crippen LogP contribution in [-0.4, -0.2) is 110 Å². The van der Waals surface area contributed by atoms with Gasteiger partial charge in [0.2, 0.25) is 21.8 Å². The van der Waals surface area contributed by atoms with Gasteiger partial charge in [0.15, 0.2) is 9.84 Å². The van der Waals surface area contributed by atoms with Crippen molar-refractivity contribution < 1.29 is 50.2 Å². The van der Waals surface area contributed by atoms with Crippen LogP contribution in [0.5, 0.6) is 11.5 Å². The predicted octanol–water partition coefficient (Wildman–Crippen LogP) is 3.89. The zero-order valence-corrected chi connectivity index (χ0v) is 36.4. The number of rotatable bonds is 12. The van der Waals surface area contributed by atoms with Crippen LogP contribution in [0, 0.1) is 11.3 Å². The Labute approximate surface area is 350 Å². The number of benzene rings is 2. The van der Waals surface area contributed by atoms with Gasteiger partial charge in [0.05, 0.1) is 41.6 Å². The lowest BCUT2D eigenvalue weighted by molar-refractivity contribution is -0.143. The van der Waals surface area contributed by atoms with E-state index in [-0.39, 0.29) is 31.6 Å². The number of carbonyl (C=O) groups is 4. The van der Waals surface area contributed by atoms with Gasteiger partial charge >= 0.3 is 6.09 Å². The first kappa shape index (κ1) is 44.3. The number of likely N-dealkylation sites (tertiary alicyclic amines) is 1. The summed E-state index contributed by atoms with van der Waals surface area (Å²) >= 11 is 0. The van der Waals surface area contributed by atoms with Crippen molar-refractivity contribution in [3.8, 4) is 22.8 Å². The van der Waals surface area contributed by atoms with Crippen molar-refractivity contribution in [2.24, 2.45) is 11.3 Å². The van der Waals surface area contributed by atoms with E-state index in [1.807, 2.05) is 35.1 Å². The highest BCUT2D eigenvalue weighted by atomic mass is 32.2. The molecule has 2 aliphatic heterocycles. The summed E-state index contributed by atoms with van der Waals surface area (Å²) in [6.45, 7) is 14.0. The number of hydrogen-bond donors (Lipinski definition) is 3. The minimum absolute atomic E-state index is 0.00665. The zero-order chi connectivity index (χ0) is 44.0. The highest BCUT2D eigenvalue weighted by molar-refractivity contribution is 7.95. The Hall–Kier alpha value is -5.23. The third kappa shape index (κ3) is 9.70. The van der Waals surface area contributed by atoms with Crippen molar-refractivity contribution in [2.45, 2.75) is 95.4 Å². The Morgan fingerprint density at radius 1 is 1.03 bits per heavy atom. The lowest BCUT2D eigenvalue weighted by atomic mass is 9.85. The fourth-order valence-corrected chi connectivity index (χ4v) is 11.7. The number of alkyl carbamates (subject to hydrolysis) is 1. The Morgan fingerprint density at radius 3 is 2.32 bits per heavy atom. The van der Waals surface area contributed by atoms with Crippen molar-refractivity contribution in [1.82, 2.24) is 25.2 Å². The summed E-state index contributed by atoms with van der Waals surface area (Å²) in [5, 5.41) is 4.74. The van der Waals surface area contributed by atoms with Crippen LogP contribution in [0.1, 0.15) is 60.8 Å². The topological polar surface area (TPSA) is 216 Å². The number of sulfone groups is 1. The summed E-state index contributed by atoms with van der Waals surface area (Å²) < 4.78 is 70.3. The van der Waals surface area contributed by atoms with Crippen LogP contribution in [0.4, 0.5) is 4.79 Å². The van der Waals surface area contributed by atoms with Crippen LogP contribution in [0.2, 0.25) is 0 Å². The van der Waals surface area contributed by atoms with E-state index >= 15 is 0 Å². The minimum atomic E-state index is -4.44. The SMILES string of the molecule is C=CC1C[C@]1(NC(=O)[C@@H]1C[C@@H](Oc2cc(-c3ccccc3)nc3cc(OC)ccc23)CN1C(=O)[C@@H](NC(=O)OC(C)(C)C)C(C)(C)C)C(=O)NS(=O)(=O)C1CCS(=O)(=O)C1. The molecule has 1 aromatic heterocycles. The molecule has 2 saturated heterocycles. The minimum Gasteiger partial charge on any atom is -0.497 e. The molecule has 3 aliphatic rings. The second kappa shape index (κ2) is 16.3. The van der Waals surface area contributed by atoms with Crippen molar-refractivity contribution in [2.75, 3.05) is 25.2 Å². The molecule has 1 aliphatic carbocycles. The molecule has 16 nitrogen and oxygen atoms in total. The normalized spacial score (nSPS) is 24.2. The number of pyridine rings is 1. The van der Waals surface area contributed by atoms with Gasteiger partial charge in [-0.2, -0.15) is 0 Å². The average molecular weight is 868 g/mol. The van der Waals surface area contributed by atoms with Gasteiger partial charge in [-0.1, -0.05) is 57.2 Å². The van der Waals surface area contributed by atoms with Crippen LogP contribution in [0.15, 0.2) is 67.3 Å². The third-order valence-electron chi connectivity index (χ3n) is 10.9. The van der Waals surface area contributed by atoms with Gasteiger partial charge in [0, 0.05) is 35.4 Å². The molecule has 60 heavy (non-hydrogen) atoms. The van der Waals surface area contributed by atoms with E-state index in [2.05, 4.69) is 17.2 Å². The molecule has 3 heterocycles. The van der Waals surface area contributed by atoms with E-state index in [0.29, 0.717) is 28.1 Å². The van der Waals surface area contributed by atoms with Crippen LogP contribution >= 0.6 is 0 Å². The van der Waals surface area contributed by atoms with Gasteiger partial charge in [0.1, 0.15) is 40.8 Å². The predicted molar refractivity (Wildman–Crippen MR) is 224 cm³/mol. The average Bonchev–Trinajstić information content (AvgIpc) is 3.49. The molecule has 1 saturated carbocycles. The van der Waals surface area contributed by atoms with Gasteiger partial charge in [-0.05, 0) is 51.2 Å². The highest BCUT2D eigenvalue weighted by Gasteiger charge is 2.62. The maximum atomic E-state index is 14.7. The van der Waals surface area contributed by atoms with E-state index in [4.69, 9.17) is 19.2 Å². The van der Waals surface area contributed by atoms with Gasteiger partial charge in [-0.25, -0.2) is 26.6 Å². The standard InChI is InChI=1S/C42H53N5O11S2/c1-9-26-22-42(26,38(50)46-60(54,55)29-17-18-59(52,53)24-29)45-36(48)33-20-28(23-47(33)37(49)35(40(2,3)4)44-39(51)58-41(5,6)7)57-34-21-31(25-13-11-10-12-14-25)43-32-19-27(56-8)15-16-30(32)34/h9-16,19,21,26,28-29,33,35H,1,17-18,20,22-24H2,2-8H3,(H,44,51)(H,45,48)(H,46,50)/t26?,28-,29?,33+,35-,42-/m1/s1. The molecular formula is C42H53N5O11S2. The largest absolute Gasteiger partial charge is 0.497 e. The summed E-state index contributed by atoms with van der Waals surface area (Å²) in [6.07, 6.45) is -0.441. The van der Waals surface area contributed by atoms with Crippen LogP contribution in [0.3, 0.4) is 0 Å². The van der Waals surface area contributed by atoms with Crippen molar-refractivity contribution in [3.05, 3.63) is 67.3 Å². The van der Waals surface area contributed by atoms with E-state index in [9.17, 15) is 36.0 Å². The molecule has 6 rings (SSSR count). The Morgan fingerprint density at radius 2 is 1.73 bits per heavy atom. The molecule has 2 aromatic carbocycles. The second-order valence-corrected chi connectivity index (χ2v) is 21.9. The maximum Gasteiger partial charge on any atom is 0.408 e. The summed E-state index contributed by atoms with van der Waals surface area (Å²) in [6, 6.07) is 14.1.